The monoisotopic (exact) mass is 526 g/mol. The molecule has 1 aromatic heterocycles. The van der Waals surface area contributed by atoms with Gasteiger partial charge in [-0.15, -0.1) is 0 Å². The van der Waals surface area contributed by atoms with Crippen molar-refractivity contribution >= 4 is 33.8 Å². The number of halogens is 1. The highest BCUT2D eigenvalue weighted by Gasteiger charge is 2.45. The number of rotatable bonds is 5. The first kappa shape index (κ1) is 27.0. The molecule has 184 valence electrons. The Balaban J connectivity index is 2.18. The number of hydrogen-bond acceptors (Lipinski definition) is 6. The topological polar surface area (TPSA) is 121 Å². The van der Waals surface area contributed by atoms with E-state index in [4.69, 9.17) is 4.74 Å². The Bertz CT molecular complexity index is 863. The molecule has 1 aromatic rings. The molecular weight excluding hydrogens is 492 g/mol. The fraction of sp³-hybridized carbons (Fsp3) is 0.652. The van der Waals surface area contributed by atoms with Gasteiger partial charge in [0.2, 0.25) is 11.8 Å². The van der Waals surface area contributed by atoms with Gasteiger partial charge in [-0.05, 0) is 61.2 Å². The Morgan fingerprint density at radius 3 is 2.33 bits per heavy atom. The van der Waals surface area contributed by atoms with Gasteiger partial charge in [-0.3, -0.25) is 14.6 Å². The van der Waals surface area contributed by atoms with Gasteiger partial charge in [0.05, 0.1) is 17.8 Å². The summed E-state index contributed by atoms with van der Waals surface area (Å²) in [7, 11) is 0. The molecule has 0 saturated carbocycles. The Labute approximate surface area is 203 Å². The number of alkyl carbamates (subject to hydrolysis) is 1. The van der Waals surface area contributed by atoms with Crippen LogP contribution in [0, 0.1) is 5.41 Å². The van der Waals surface area contributed by atoms with E-state index in [1.807, 2.05) is 26.8 Å². The number of pyridine rings is 1. The average molecular weight is 527 g/mol. The molecule has 2 unspecified atom stereocenters. The third-order valence-electron chi connectivity index (χ3n) is 5.19. The second-order valence-corrected chi connectivity index (χ2v) is 11.4. The number of aliphatic hydroxyl groups is 1. The molecular formula is C23H35BrN4O5. The van der Waals surface area contributed by atoms with Crippen molar-refractivity contribution in [1.82, 2.24) is 20.5 Å². The zero-order valence-electron chi connectivity index (χ0n) is 20.3. The van der Waals surface area contributed by atoms with Gasteiger partial charge in [0, 0.05) is 23.6 Å². The Hall–Kier alpha value is -2.20. The minimum absolute atomic E-state index is 0.00438. The van der Waals surface area contributed by atoms with Gasteiger partial charge in [-0.2, -0.15) is 0 Å². The molecule has 0 aliphatic carbocycles. The van der Waals surface area contributed by atoms with E-state index >= 15 is 0 Å². The molecule has 10 heteroatoms. The summed E-state index contributed by atoms with van der Waals surface area (Å²) in [5.41, 5.74) is -0.710. The van der Waals surface area contributed by atoms with Gasteiger partial charge in [0.15, 0.2) is 0 Å². The summed E-state index contributed by atoms with van der Waals surface area (Å²) in [6.07, 6.45) is 0.199. The van der Waals surface area contributed by atoms with Gasteiger partial charge in [0.1, 0.15) is 17.7 Å². The van der Waals surface area contributed by atoms with Crippen molar-refractivity contribution in [1.29, 1.82) is 0 Å². The summed E-state index contributed by atoms with van der Waals surface area (Å²) in [6.45, 7) is 12.5. The quantitative estimate of drug-likeness (QED) is 0.542. The van der Waals surface area contributed by atoms with Crippen LogP contribution in [0.1, 0.15) is 66.6 Å². The predicted octanol–water partition coefficient (Wildman–Crippen LogP) is 2.92. The number of likely N-dealkylation sites (tertiary alicyclic amines) is 1. The van der Waals surface area contributed by atoms with Crippen LogP contribution in [0.5, 0.6) is 0 Å². The maximum Gasteiger partial charge on any atom is 0.408 e. The van der Waals surface area contributed by atoms with E-state index in [0.29, 0.717) is 5.69 Å². The molecule has 2 heterocycles. The number of ether oxygens (including phenoxy) is 1. The lowest BCUT2D eigenvalue weighted by molar-refractivity contribution is -0.142. The van der Waals surface area contributed by atoms with E-state index in [9.17, 15) is 19.5 Å². The van der Waals surface area contributed by atoms with E-state index in [0.717, 1.165) is 4.47 Å². The smallest absolute Gasteiger partial charge is 0.408 e. The standard InChI is InChI=1S/C23H35BrN4O5/c1-13(16-9-8-14(24)11-25-16)26-19(30)17-10-15(29)12-28(17)20(31)18(22(2,3)4)27-21(32)33-23(5,6)7/h8-9,11,13,15,17-18,29H,10,12H2,1-7H3,(H,26,30)(H,27,32)/t13?,15-,17+,18?/m1/s1. The number of aromatic nitrogens is 1. The van der Waals surface area contributed by atoms with Gasteiger partial charge in [-0.25, -0.2) is 4.79 Å². The summed E-state index contributed by atoms with van der Waals surface area (Å²) in [5, 5.41) is 15.8. The normalized spacial score (nSPS) is 20.7. The van der Waals surface area contributed by atoms with Crippen molar-refractivity contribution in [3.8, 4) is 0 Å². The summed E-state index contributed by atoms with van der Waals surface area (Å²) < 4.78 is 6.15. The molecule has 1 aliphatic heterocycles. The number of nitrogens with zero attached hydrogens (tertiary/aromatic N) is 2. The first-order valence-electron chi connectivity index (χ1n) is 11.0. The van der Waals surface area contributed by atoms with E-state index in [1.54, 1.807) is 40.0 Å². The highest BCUT2D eigenvalue weighted by molar-refractivity contribution is 9.10. The van der Waals surface area contributed by atoms with Crippen LogP contribution in [0.25, 0.3) is 0 Å². The molecule has 1 fully saturated rings. The van der Waals surface area contributed by atoms with Crippen molar-refractivity contribution in [3.05, 3.63) is 28.5 Å². The van der Waals surface area contributed by atoms with Crippen LogP contribution in [0.15, 0.2) is 22.8 Å². The molecule has 1 aliphatic rings. The Morgan fingerprint density at radius 1 is 1.18 bits per heavy atom. The average Bonchev–Trinajstić information content (AvgIpc) is 3.05. The maximum atomic E-state index is 13.5. The van der Waals surface area contributed by atoms with Gasteiger partial charge < -0.3 is 25.4 Å². The minimum Gasteiger partial charge on any atom is -0.444 e. The number of hydrogen-bond donors (Lipinski definition) is 3. The van der Waals surface area contributed by atoms with Gasteiger partial charge in [0.25, 0.3) is 0 Å². The maximum absolute atomic E-state index is 13.5. The van der Waals surface area contributed by atoms with Crippen molar-refractivity contribution in [2.24, 2.45) is 5.41 Å². The SMILES string of the molecule is CC(NC(=O)[C@@H]1C[C@@H](O)CN1C(=O)C(NC(=O)OC(C)(C)C)C(C)(C)C)c1ccc(Br)cn1. The van der Waals surface area contributed by atoms with Gasteiger partial charge >= 0.3 is 6.09 Å². The zero-order chi connectivity index (χ0) is 25.1. The van der Waals surface area contributed by atoms with Crippen LogP contribution in [0.3, 0.4) is 0 Å². The highest BCUT2D eigenvalue weighted by Crippen LogP contribution is 2.27. The van der Waals surface area contributed by atoms with E-state index < -0.39 is 47.2 Å². The second-order valence-electron chi connectivity index (χ2n) is 10.5. The van der Waals surface area contributed by atoms with Crippen LogP contribution in [0.4, 0.5) is 4.79 Å². The first-order valence-corrected chi connectivity index (χ1v) is 11.8. The lowest BCUT2D eigenvalue weighted by atomic mass is 9.85. The number of carbonyl (C=O) groups excluding carboxylic acids is 3. The Morgan fingerprint density at radius 2 is 1.82 bits per heavy atom. The van der Waals surface area contributed by atoms with E-state index in [-0.39, 0.29) is 18.9 Å². The van der Waals surface area contributed by atoms with Crippen LogP contribution in [-0.4, -0.2) is 63.2 Å². The minimum atomic E-state index is -0.946. The molecule has 2 rings (SSSR count). The van der Waals surface area contributed by atoms with Crippen molar-refractivity contribution < 1.29 is 24.2 Å². The molecule has 9 nitrogen and oxygen atoms in total. The molecule has 3 N–H and O–H groups in total. The number of aliphatic hydroxyl groups excluding tert-OH is 1. The summed E-state index contributed by atoms with van der Waals surface area (Å²) in [6, 6.07) is 1.42. The van der Waals surface area contributed by atoms with E-state index in [2.05, 4.69) is 31.5 Å². The summed E-state index contributed by atoms with van der Waals surface area (Å²) in [5.74, 6) is -0.832. The van der Waals surface area contributed by atoms with Crippen molar-refractivity contribution in [2.75, 3.05) is 6.54 Å². The molecule has 4 atom stereocenters. The lowest BCUT2D eigenvalue weighted by Gasteiger charge is -2.35. The Kier molecular flexibility index (Phi) is 8.51. The van der Waals surface area contributed by atoms with E-state index in [1.165, 1.54) is 4.90 Å². The molecule has 33 heavy (non-hydrogen) atoms. The van der Waals surface area contributed by atoms with Crippen LogP contribution < -0.4 is 10.6 Å². The summed E-state index contributed by atoms with van der Waals surface area (Å²) >= 11 is 3.33. The first-order chi connectivity index (χ1) is 15.1. The molecule has 0 spiro atoms. The lowest BCUT2D eigenvalue weighted by Crippen LogP contribution is -2.58. The van der Waals surface area contributed by atoms with Crippen molar-refractivity contribution in [2.45, 2.75) is 84.7 Å². The highest BCUT2D eigenvalue weighted by atomic mass is 79.9. The van der Waals surface area contributed by atoms with Gasteiger partial charge in [-0.1, -0.05) is 20.8 Å². The fourth-order valence-electron chi connectivity index (χ4n) is 3.57. The van der Waals surface area contributed by atoms with Crippen LogP contribution in [0.2, 0.25) is 0 Å². The number of carbonyl (C=O) groups is 3. The molecule has 3 amide bonds. The molecule has 0 bridgehead atoms. The predicted molar refractivity (Wildman–Crippen MR) is 127 cm³/mol. The fourth-order valence-corrected chi connectivity index (χ4v) is 3.81. The second kappa shape index (κ2) is 10.4. The molecule has 0 radical (unpaired) electrons. The largest absolute Gasteiger partial charge is 0.444 e. The third-order valence-corrected chi connectivity index (χ3v) is 5.66. The van der Waals surface area contributed by atoms with Crippen LogP contribution in [-0.2, 0) is 14.3 Å². The van der Waals surface area contributed by atoms with Crippen LogP contribution >= 0.6 is 15.9 Å². The molecule has 1 saturated heterocycles. The van der Waals surface area contributed by atoms with Crippen molar-refractivity contribution in [3.63, 3.8) is 0 Å². The number of amides is 3. The summed E-state index contributed by atoms with van der Waals surface area (Å²) in [4.78, 5) is 44.6. The zero-order valence-corrected chi connectivity index (χ0v) is 21.9. The number of nitrogens with one attached hydrogen (secondary N) is 2. The third kappa shape index (κ3) is 7.67. The molecule has 0 aromatic carbocycles. The number of β-amino-alcohol motifs (C(OH)–C–C–N with tert-alkyl or cyclic N) is 1.